The summed E-state index contributed by atoms with van der Waals surface area (Å²) in [5.41, 5.74) is 1.69. The molecule has 5 nitrogen and oxygen atoms in total. The van der Waals surface area contributed by atoms with Crippen LogP contribution in [0.25, 0.3) is 0 Å². The third-order valence-electron chi connectivity index (χ3n) is 2.35. The van der Waals surface area contributed by atoms with E-state index in [1.165, 1.54) is 0 Å². The molecule has 0 bridgehead atoms. The smallest absolute Gasteiger partial charge is 0.407 e. The van der Waals surface area contributed by atoms with Gasteiger partial charge < -0.3 is 10.1 Å². The van der Waals surface area contributed by atoms with E-state index in [1.54, 1.807) is 0 Å². The van der Waals surface area contributed by atoms with Gasteiger partial charge in [0.1, 0.15) is 5.60 Å². The van der Waals surface area contributed by atoms with Gasteiger partial charge in [-0.05, 0) is 38.3 Å². The molecule has 106 valence electrons. The second-order valence-corrected chi connectivity index (χ2v) is 5.31. The molecule has 5 heteroatoms. The number of nitrogens with one attached hydrogen (secondary N) is 1. The Kier molecular flexibility index (Phi) is 5.79. The second-order valence-electron chi connectivity index (χ2n) is 5.31. The summed E-state index contributed by atoms with van der Waals surface area (Å²) in [6, 6.07) is 7.89. The summed E-state index contributed by atoms with van der Waals surface area (Å²) in [4.78, 5) is 16.0. The lowest BCUT2D eigenvalue weighted by atomic mass is 10.1. The molecule has 0 aliphatic rings. The molecule has 0 atom stereocenters. The number of carbonyl (C=O) groups excluding carboxylic acids is 1. The zero-order valence-electron chi connectivity index (χ0n) is 11.7. The predicted molar refractivity (Wildman–Crippen MR) is 73.4 cm³/mol. The number of carbonyl (C=O) groups is 1. The first-order valence-electron chi connectivity index (χ1n) is 6.27. The maximum Gasteiger partial charge on any atom is 0.407 e. The minimum atomic E-state index is -0.464. The number of nitrogens with two attached hydrogens (primary N) is 1. The molecule has 0 saturated heterocycles. The maximum atomic E-state index is 11.4. The topological polar surface area (TPSA) is 73.6 Å². The van der Waals surface area contributed by atoms with Crippen molar-refractivity contribution in [3.8, 4) is 0 Å². The highest BCUT2D eigenvalue weighted by molar-refractivity contribution is 5.67. The van der Waals surface area contributed by atoms with Crippen molar-refractivity contribution in [2.75, 3.05) is 6.54 Å². The van der Waals surface area contributed by atoms with Crippen molar-refractivity contribution < 1.29 is 14.4 Å². The Bertz CT molecular complexity index is 396. The van der Waals surface area contributed by atoms with Crippen LogP contribution in [0.15, 0.2) is 24.3 Å². The number of hydrogen-bond donors (Lipinski definition) is 2. The van der Waals surface area contributed by atoms with E-state index < -0.39 is 5.60 Å². The van der Waals surface area contributed by atoms with Crippen LogP contribution in [0.2, 0.25) is 0 Å². The summed E-state index contributed by atoms with van der Waals surface area (Å²) in [7, 11) is 0. The minimum Gasteiger partial charge on any atom is -0.444 e. The average molecular weight is 266 g/mol. The Morgan fingerprint density at radius 1 is 1.21 bits per heavy atom. The largest absolute Gasteiger partial charge is 0.444 e. The molecule has 0 aliphatic carbocycles. The fraction of sp³-hybridized carbons (Fsp3) is 0.500. The SMILES string of the molecule is CC(C)(C)OC(=O)NCCc1ccc(CON)cc1. The molecular weight excluding hydrogens is 244 g/mol. The van der Waals surface area contributed by atoms with Crippen LogP contribution in [0, 0.1) is 0 Å². The standard InChI is InChI=1S/C14H22N2O3/c1-14(2,3)19-13(17)16-9-8-11-4-6-12(7-5-11)10-18-15/h4-7H,8-10,15H2,1-3H3,(H,16,17). The summed E-state index contributed by atoms with van der Waals surface area (Å²) in [6.07, 6.45) is 0.365. The maximum absolute atomic E-state index is 11.4. The van der Waals surface area contributed by atoms with Gasteiger partial charge >= 0.3 is 6.09 Å². The van der Waals surface area contributed by atoms with E-state index in [1.807, 2.05) is 45.0 Å². The van der Waals surface area contributed by atoms with Gasteiger partial charge in [0.2, 0.25) is 0 Å². The Labute approximate surface area is 114 Å². The summed E-state index contributed by atoms with van der Waals surface area (Å²) >= 11 is 0. The van der Waals surface area contributed by atoms with Gasteiger partial charge in [0.15, 0.2) is 0 Å². The van der Waals surface area contributed by atoms with Gasteiger partial charge in [0.25, 0.3) is 0 Å². The fourth-order valence-corrected chi connectivity index (χ4v) is 1.52. The number of hydrogen-bond acceptors (Lipinski definition) is 4. The third-order valence-corrected chi connectivity index (χ3v) is 2.35. The van der Waals surface area contributed by atoms with Crippen LogP contribution in [0.1, 0.15) is 31.9 Å². The van der Waals surface area contributed by atoms with E-state index in [4.69, 9.17) is 10.6 Å². The van der Waals surface area contributed by atoms with Crippen molar-refractivity contribution in [2.24, 2.45) is 5.90 Å². The molecule has 19 heavy (non-hydrogen) atoms. The molecule has 0 heterocycles. The molecule has 1 amide bonds. The molecule has 1 aromatic carbocycles. The van der Waals surface area contributed by atoms with Gasteiger partial charge in [0, 0.05) is 6.54 Å². The van der Waals surface area contributed by atoms with Crippen LogP contribution < -0.4 is 11.2 Å². The monoisotopic (exact) mass is 266 g/mol. The first kappa shape index (κ1) is 15.5. The molecular formula is C14H22N2O3. The van der Waals surface area contributed by atoms with Gasteiger partial charge in [-0.1, -0.05) is 24.3 Å². The Balaban J connectivity index is 2.31. The number of alkyl carbamates (subject to hydrolysis) is 1. The van der Waals surface area contributed by atoms with E-state index in [9.17, 15) is 4.79 Å². The highest BCUT2D eigenvalue weighted by Gasteiger charge is 2.15. The van der Waals surface area contributed by atoms with Crippen molar-refractivity contribution >= 4 is 6.09 Å². The van der Waals surface area contributed by atoms with E-state index in [2.05, 4.69) is 10.2 Å². The van der Waals surface area contributed by atoms with E-state index >= 15 is 0 Å². The highest BCUT2D eigenvalue weighted by atomic mass is 16.6. The predicted octanol–water partition coefficient (Wildman–Crippen LogP) is 2.14. The molecule has 0 saturated carbocycles. The van der Waals surface area contributed by atoms with Crippen molar-refractivity contribution in [3.63, 3.8) is 0 Å². The average Bonchev–Trinajstić information content (AvgIpc) is 2.29. The molecule has 0 aromatic heterocycles. The lowest BCUT2D eigenvalue weighted by Gasteiger charge is -2.19. The lowest BCUT2D eigenvalue weighted by Crippen LogP contribution is -2.33. The van der Waals surface area contributed by atoms with Crippen LogP contribution in [0.5, 0.6) is 0 Å². The van der Waals surface area contributed by atoms with Crippen LogP contribution >= 0.6 is 0 Å². The third kappa shape index (κ3) is 6.79. The number of amides is 1. The lowest BCUT2D eigenvalue weighted by molar-refractivity contribution is 0.0528. The minimum absolute atomic E-state index is 0.388. The first-order chi connectivity index (χ1) is 8.90. The quantitative estimate of drug-likeness (QED) is 0.801. The zero-order chi connectivity index (χ0) is 14.3. The number of benzene rings is 1. The fourth-order valence-electron chi connectivity index (χ4n) is 1.52. The molecule has 0 spiro atoms. The van der Waals surface area contributed by atoms with Crippen LogP contribution in [0.4, 0.5) is 4.79 Å². The van der Waals surface area contributed by atoms with Crippen molar-refractivity contribution in [2.45, 2.75) is 39.4 Å². The molecule has 1 aromatic rings. The highest BCUT2D eigenvalue weighted by Crippen LogP contribution is 2.07. The van der Waals surface area contributed by atoms with Crippen molar-refractivity contribution in [1.29, 1.82) is 0 Å². The van der Waals surface area contributed by atoms with Gasteiger partial charge in [-0.15, -0.1) is 0 Å². The van der Waals surface area contributed by atoms with Gasteiger partial charge in [-0.2, -0.15) is 0 Å². The molecule has 3 N–H and O–H groups in total. The number of ether oxygens (including phenoxy) is 1. The van der Waals surface area contributed by atoms with Crippen molar-refractivity contribution in [3.05, 3.63) is 35.4 Å². The summed E-state index contributed by atoms with van der Waals surface area (Å²) in [5, 5.41) is 2.72. The molecule has 1 rings (SSSR count). The summed E-state index contributed by atoms with van der Waals surface area (Å²) in [5.74, 6) is 5.00. The number of rotatable bonds is 5. The second kappa shape index (κ2) is 7.11. The van der Waals surface area contributed by atoms with E-state index in [0.717, 1.165) is 17.5 Å². The normalized spacial score (nSPS) is 11.2. The molecule has 0 radical (unpaired) electrons. The summed E-state index contributed by atoms with van der Waals surface area (Å²) < 4.78 is 5.15. The van der Waals surface area contributed by atoms with Crippen LogP contribution in [0.3, 0.4) is 0 Å². The van der Waals surface area contributed by atoms with Crippen LogP contribution in [-0.2, 0) is 22.6 Å². The van der Waals surface area contributed by atoms with Crippen LogP contribution in [-0.4, -0.2) is 18.2 Å². The zero-order valence-corrected chi connectivity index (χ0v) is 11.7. The van der Waals surface area contributed by atoms with E-state index in [0.29, 0.717) is 13.2 Å². The Morgan fingerprint density at radius 3 is 2.32 bits per heavy atom. The first-order valence-corrected chi connectivity index (χ1v) is 6.27. The Morgan fingerprint density at radius 2 is 1.79 bits per heavy atom. The van der Waals surface area contributed by atoms with Gasteiger partial charge in [0.05, 0.1) is 6.61 Å². The van der Waals surface area contributed by atoms with Gasteiger partial charge in [-0.25, -0.2) is 10.7 Å². The Hall–Kier alpha value is -1.59. The molecule has 0 unspecified atom stereocenters. The van der Waals surface area contributed by atoms with Gasteiger partial charge in [-0.3, -0.25) is 4.84 Å². The molecule has 0 fully saturated rings. The summed E-state index contributed by atoms with van der Waals surface area (Å²) in [6.45, 7) is 6.46. The van der Waals surface area contributed by atoms with E-state index in [-0.39, 0.29) is 6.09 Å². The molecule has 0 aliphatic heterocycles. The van der Waals surface area contributed by atoms with Crippen molar-refractivity contribution in [1.82, 2.24) is 5.32 Å².